The molecule has 0 bridgehead atoms. The van der Waals surface area contributed by atoms with Crippen LogP contribution >= 0.6 is 0 Å². The van der Waals surface area contributed by atoms with E-state index < -0.39 is 0 Å². The Hall–Kier alpha value is -2.29. The van der Waals surface area contributed by atoms with Gasteiger partial charge in [0, 0.05) is 17.8 Å². The number of carbonyl (C=O) groups excluding carboxylic acids is 1. The third kappa shape index (κ3) is 1.87. The van der Waals surface area contributed by atoms with Crippen molar-refractivity contribution < 1.29 is 9.90 Å². The molecule has 1 aromatic carbocycles. The molecule has 1 aromatic heterocycles. The first kappa shape index (κ1) is 11.8. The summed E-state index contributed by atoms with van der Waals surface area (Å²) >= 11 is 0. The van der Waals surface area contributed by atoms with E-state index in [1.807, 2.05) is 47.0 Å². The summed E-state index contributed by atoms with van der Waals surface area (Å²) in [6.45, 7) is 4.36. The lowest BCUT2D eigenvalue weighted by Gasteiger charge is -2.06. The molecule has 1 aliphatic rings. The highest BCUT2D eigenvalue weighted by Gasteiger charge is 2.28. The number of aliphatic hydroxyl groups is 1. The second-order valence-corrected chi connectivity index (χ2v) is 4.82. The quantitative estimate of drug-likeness (QED) is 0.673. The summed E-state index contributed by atoms with van der Waals surface area (Å²) in [5, 5.41) is 9.57. The van der Waals surface area contributed by atoms with Gasteiger partial charge >= 0.3 is 0 Å². The Balaban J connectivity index is 1.99. The van der Waals surface area contributed by atoms with Crippen molar-refractivity contribution in [2.75, 3.05) is 0 Å². The number of fused-ring (bicyclic) bond motifs is 1. The van der Waals surface area contributed by atoms with Crippen LogP contribution in [0.5, 0.6) is 0 Å². The molecule has 3 nitrogen and oxygen atoms in total. The zero-order valence-electron chi connectivity index (χ0n) is 10.5. The first-order chi connectivity index (χ1) is 9.18. The van der Waals surface area contributed by atoms with E-state index in [1.165, 1.54) is 0 Å². The first-order valence-corrected chi connectivity index (χ1v) is 6.35. The van der Waals surface area contributed by atoms with Crippen molar-refractivity contribution in [1.29, 1.82) is 0 Å². The fourth-order valence-corrected chi connectivity index (χ4v) is 2.72. The van der Waals surface area contributed by atoms with Gasteiger partial charge in [0.1, 0.15) is 0 Å². The monoisotopic (exact) mass is 253 g/mol. The van der Waals surface area contributed by atoms with E-state index in [9.17, 15) is 9.90 Å². The minimum atomic E-state index is -0.0441. The number of aliphatic hydroxyl groups excluding tert-OH is 1. The molecular formula is C16H15NO2. The van der Waals surface area contributed by atoms with Crippen LogP contribution in [0, 0.1) is 0 Å². The van der Waals surface area contributed by atoms with Crippen molar-refractivity contribution in [1.82, 2.24) is 4.57 Å². The molecular weight excluding hydrogens is 238 g/mol. The van der Waals surface area contributed by atoms with Crippen molar-refractivity contribution in [3.05, 3.63) is 71.8 Å². The lowest BCUT2D eigenvalue weighted by molar-refractivity contribution is 0.103. The van der Waals surface area contributed by atoms with Crippen LogP contribution < -0.4 is 0 Å². The zero-order valence-corrected chi connectivity index (χ0v) is 10.5. The molecule has 0 amide bonds. The van der Waals surface area contributed by atoms with Crippen molar-refractivity contribution in [3.8, 4) is 0 Å². The highest BCUT2D eigenvalue weighted by molar-refractivity contribution is 6.08. The largest absolute Gasteiger partial charge is 0.512 e. The molecule has 1 unspecified atom stereocenters. The highest BCUT2D eigenvalue weighted by Crippen LogP contribution is 2.34. The van der Waals surface area contributed by atoms with E-state index in [2.05, 4.69) is 6.58 Å². The molecule has 0 radical (unpaired) electrons. The van der Waals surface area contributed by atoms with Gasteiger partial charge in [-0.1, -0.05) is 36.9 Å². The summed E-state index contributed by atoms with van der Waals surface area (Å²) in [6.07, 6.45) is 0.806. The van der Waals surface area contributed by atoms with Crippen LogP contribution in [0.25, 0.3) is 0 Å². The van der Waals surface area contributed by atoms with Crippen LogP contribution in [0.1, 0.15) is 34.1 Å². The van der Waals surface area contributed by atoms with Gasteiger partial charge in [0.15, 0.2) is 0 Å². The Morgan fingerprint density at radius 2 is 1.95 bits per heavy atom. The summed E-state index contributed by atoms with van der Waals surface area (Å²) in [6, 6.07) is 13.0. The molecule has 0 fully saturated rings. The molecule has 0 spiro atoms. The molecule has 1 atom stereocenters. The van der Waals surface area contributed by atoms with Gasteiger partial charge in [0.25, 0.3) is 0 Å². The Labute approximate surface area is 111 Å². The summed E-state index contributed by atoms with van der Waals surface area (Å²) in [5.41, 5.74) is 2.35. The number of allylic oxidation sites excluding steroid dienone is 1. The second kappa shape index (κ2) is 4.43. The fraction of sp³-hybridized carbons (Fsp3) is 0.188. The molecule has 0 aliphatic carbocycles. The SMILES string of the molecule is C=C(O)C1CCn2c(C(=O)c3ccccc3)ccc21. The molecule has 0 saturated heterocycles. The molecule has 96 valence electrons. The highest BCUT2D eigenvalue weighted by atomic mass is 16.3. The smallest absolute Gasteiger partial charge is 0.209 e. The molecule has 2 heterocycles. The Morgan fingerprint density at radius 1 is 1.21 bits per heavy atom. The van der Waals surface area contributed by atoms with Gasteiger partial charge in [-0.25, -0.2) is 0 Å². The summed E-state index contributed by atoms with van der Waals surface area (Å²) in [4.78, 5) is 12.4. The van der Waals surface area contributed by atoms with E-state index in [1.54, 1.807) is 0 Å². The number of nitrogens with zero attached hydrogens (tertiary/aromatic N) is 1. The molecule has 2 aromatic rings. The average molecular weight is 253 g/mol. The minimum absolute atomic E-state index is 0.0241. The Kier molecular flexibility index (Phi) is 2.75. The topological polar surface area (TPSA) is 42.2 Å². The number of aromatic nitrogens is 1. The Morgan fingerprint density at radius 3 is 2.63 bits per heavy atom. The third-order valence-corrected chi connectivity index (χ3v) is 3.68. The van der Waals surface area contributed by atoms with Crippen molar-refractivity contribution in [3.63, 3.8) is 0 Å². The van der Waals surface area contributed by atoms with Crippen molar-refractivity contribution in [2.24, 2.45) is 0 Å². The molecule has 0 saturated carbocycles. The van der Waals surface area contributed by atoms with Crippen LogP contribution in [0.3, 0.4) is 0 Å². The Bertz CT molecular complexity index is 640. The standard InChI is InChI=1S/C16H15NO2/c1-11(18)13-9-10-17-14(13)7-8-15(17)16(19)12-5-3-2-4-6-12/h2-8,13,18H,1,9-10H2. The molecule has 3 rings (SSSR count). The zero-order chi connectivity index (χ0) is 13.4. The number of carbonyl (C=O) groups is 1. The second-order valence-electron chi connectivity index (χ2n) is 4.82. The molecule has 3 heteroatoms. The van der Waals surface area contributed by atoms with E-state index in [4.69, 9.17) is 0 Å². The number of hydrogen-bond acceptors (Lipinski definition) is 2. The van der Waals surface area contributed by atoms with Gasteiger partial charge < -0.3 is 9.67 Å². The van der Waals surface area contributed by atoms with Crippen LogP contribution in [-0.4, -0.2) is 15.5 Å². The van der Waals surface area contributed by atoms with E-state index in [0.717, 1.165) is 18.7 Å². The number of hydrogen-bond donors (Lipinski definition) is 1. The lowest BCUT2D eigenvalue weighted by Crippen LogP contribution is -2.08. The van der Waals surface area contributed by atoms with Gasteiger partial charge in [-0.15, -0.1) is 0 Å². The van der Waals surface area contributed by atoms with Gasteiger partial charge in [-0.3, -0.25) is 4.79 Å². The minimum Gasteiger partial charge on any atom is -0.512 e. The predicted octanol–water partition coefficient (Wildman–Crippen LogP) is 3.28. The van der Waals surface area contributed by atoms with Gasteiger partial charge in [0.2, 0.25) is 5.78 Å². The van der Waals surface area contributed by atoms with Crippen LogP contribution in [0.4, 0.5) is 0 Å². The van der Waals surface area contributed by atoms with Crippen molar-refractivity contribution >= 4 is 5.78 Å². The third-order valence-electron chi connectivity index (χ3n) is 3.68. The molecule has 1 aliphatic heterocycles. The maximum atomic E-state index is 12.4. The van der Waals surface area contributed by atoms with Crippen molar-refractivity contribution in [2.45, 2.75) is 18.9 Å². The predicted molar refractivity (Wildman–Crippen MR) is 73.4 cm³/mol. The van der Waals surface area contributed by atoms with Crippen LogP contribution in [-0.2, 0) is 6.54 Å². The maximum absolute atomic E-state index is 12.4. The number of benzene rings is 1. The summed E-state index contributed by atoms with van der Waals surface area (Å²) < 4.78 is 1.99. The summed E-state index contributed by atoms with van der Waals surface area (Å²) in [5.74, 6) is 0.156. The number of ketones is 1. The van der Waals surface area contributed by atoms with Gasteiger partial charge in [0.05, 0.1) is 17.4 Å². The first-order valence-electron chi connectivity index (χ1n) is 6.35. The number of rotatable bonds is 3. The van der Waals surface area contributed by atoms with E-state index in [-0.39, 0.29) is 17.5 Å². The molecule has 1 N–H and O–H groups in total. The fourth-order valence-electron chi connectivity index (χ4n) is 2.72. The van der Waals surface area contributed by atoms with Crippen LogP contribution in [0.2, 0.25) is 0 Å². The van der Waals surface area contributed by atoms with E-state index >= 15 is 0 Å². The summed E-state index contributed by atoms with van der Waals surface area (Å²) in [7, 11) is 0. The normalized spacial score (nSPS) is 17.2. The van der Waals surface area contributed by atoms with Gasteiger partial charge in [-0.05, 0) is 18.6 Å². The average Bonchev–Trinajstić information content (AvgIpc) is 2.99. The van der Waals surface area contributed by atoms with E-state index in [0.29, 0.717) is 11.3 Å². The van der Waals surface area contributed by atoms with Crippen LogP contribution in [0.15, 0.2) is 54.8 Å². The lowest BCUT2D eigenvalue weighted by atomic mass is 10.0. The maximum Gasteiger partial charge on any atom is 0.209 e. The van der Waals surface area contributed by atoms with Gasteiger partial charge in [-0.2, -0.15) is 0 Å². The molecule has 19 heavy (non-hydrogen) atoms.